The molecule has 0 atom stereocenters. The second-order valence-corrected chi connectivity index (χ2v) is 18.1. The van der Waals surface area contributed by atoms with Gasteiger partial charge in [-0.15, -0.1) is 0 Å². The lowest BCUT2D eigenvalue weighted by Gasteiger charge is -2.12. The molecule has 0 amide bonds. The second kappa shape index (κ2) is 18.5. The minimum atomic E-state index is -1.01. The Morgan fingerprint density at radius 2 is 0.800 bits per heavy atom. The smallest absolute Gasteiger partial charge is 0.329 e. The first-order valence-corrected chi connectivity index (χ1v) is 19.1. The Morgan fingerprint density at radius 3 is 1.00 bits per heavy atom. The number of hydrogen-bond donors (Lipinski definition) is 0. The lowest BCUT2D eigenvalue weighted by Crippen LogP contribution is -2.55. The number of carbonyl (C=O) groups excluding carboxylic acids is 3. The van der Waals surface area contributed by atoms with E-state index >= 15 is 0 Å². The maximum atomic E-state index is 13.2. The topological polar surface area (TPSA) is 229 Å². The SMILES string of the molecule is CC(C)(C#N)SSC(=[OH+])OCCn1c(=O)n(CCOC(=[OH+])SSC(C)(C)C#N)c(=O)n(CCOC(=[OH+])SSC(C)(C)C#N)c1=O. The van der Waals surface area contributed by atoms with Crippen LogP contribution in [-0.2, 0) is 33.8 Å². The van der Waals surface area contributed by atoms with Crippen LogP contribution in [0.3, 0.4) is 0 Å². The Bertz CT molecular complexity index is 1340. The fraction of sp³-hybridized carbons (Fsp3) is 0.625. The van der Waals surface area contributed by atoms with E-state index in [1.54, 1.807) is 41.5 Å². The van der Waals surface area contributed by atoms with Gasteiger partial charge in [-0.2, -0.15) is 15.8 Å². The Labute approximate surface area is 282 Å². The Balaban J connectivity index is 3.11. The molecule has 0 aliphatic heterocycles. The van der Waals surface area contributed by atoms with Gasteiger partial charge in [-0.3, -0.25) is 0 Å². The highest BCUT2D eigenvalue weighted by Crippen LogP contribution is 2.37. The van der Waals surface area contributed by atoms with Gasteiger partial charge < -0.3 is 28.6 Å². The normalized spacial score (nSPS) is 11.5. The van der Waals surface area contributed by atoms with Gasteiger partial charge in [-0.1, -0.05) is 32.4 Å². The summed E-state index contributed by atoms with van der Waals surface area (Å²) in [6, 6.07) is 6.14. The van der Waals surface area contributed by atoms with Gasteiger partial charge in [0.15, 0.2) is 0 Å². The molecule has 45 heavy (non-hydrogen) atoms. The standard InChI is InChI=1S/C24H30N6O9S6/c1-22(2,13-25)43-40-19(34)37-10-7-28-16(31)29(8-11-38-20(35)41-44-23(3,4)14-26)18(33)30(17(28)32)9-12-39-21(36)42-45-24(5,6)15-27/h7-12H2,1-6H3/p+3. The van der Waals surface area contributed by atoms with Crippen molar-refractivity contribution in [2.24, 2.45) is 0 Å². The van der Waals surface area contributed by atoms with Crippen LogP contribution in [0, 0.1) is 34.0 Å². The largest absolute Gasteiger partial charge is 0.561 e. The number of rotatable bonds is 15. The zero-order valence-electron chi connectivity index (χ0n) is 25.2. The van der Waals surface area contributed by atoms with Crippen LogP contribution in [0.25, 0.3) is 0 Å². The molecule has 1 heterocycles. The van der Waals surface area contributed by atoms with E-state index < -0.39 is 47.2 Å². The highest BCUT2D eigenvalue weighted by molar-refractivity contribution is 8.83. The van der Waals surface area contributed by atoms with E-state index in [1.807, 2.05) is 18.2 Å². The molecule has 0 aromatic carbocycles. The summed E-state index contributed by atoms with van der Waals surface area (Å²) >= 11 is 0. The van der Waals surface area contributed by atoms with Crippen LogP contribution in [0.5, 0.6) is 0 Å². The Morgan fingerprint density at radius 1 is 0.578 bits per heavy atom. The van der Waals surface area contributed by atoms with Crippen molar-refractivity contribution in [1.29, 1.82) is 15.8 Å². The van der Waals surface area contributed by atoms with E-state index in [9.17, 15) is 28.8 Å². The number of ether oxygens (including phenoxy) is 3. The number of nitriles is 3. The molecule has 0 radical (unpaired) electrons. The van der Waals surface area contributed by atoms with Crippen LogP contribution >= 0.6 is 64.8 Å². The summed E-state index contributed by atoms with van der Waals surface area (Å²) in [6.45, 7) is 7.67. The van der Waals surface area contributed by atoms with E-state index in [0.29, 0.717) is 13.7 Å². The summed E-state index contributed by atoms with van der Waals surface area (Å²) in [4.78, 5) is 69.5. The van der Waals surface area contributed by atoms with Crippen molar-refractivity contribution in [2.75, 3.05) is 19.8 Å². The molecular formula is C24H33N6O9S6+3. The summed E-state index contributed by atoms with van der Waals surface area (Å²) < 4.78 is 15.2. The third kappa shape index (κ3) is 14.6. The summed E-state index contributed by atoms with van der Waals surface area (Å²) in [6.07, 6.45) is 0. The van der Waals surface area contributed by atoms with Crippen molar-refractivity contribution in [3.8, 4) is 18.2 Å². The molecule has 0 saturated heterocycles. The van der Waals surface area contributed by atoms with E-state index in [-0.39, 0.29) is 39.5 Å². The van der Waals surface area contributed by atoms with Gasteiger partial charge >= 0.3 is 33.0 Å². The molecular weight excluding hydrogens is 709 g/mol. The molecule has 1 aromatic heterocycles. The first-order chi connectivity index (χ1) is 20.9. The van der Waals surface area contributed by atoms with Crippen LogP contribution < -0.4 is 17.1 Å². The van der Waals surface area contributed by atoms with E-state index in [4.69, 9.17) is 30.0 Å². The van der Waals surface area contributed by atoms with E-state index in [2.05, 4.69) is 0 Å². The molecule has 0 saturated carbocycles. The third-order valence-electron chi connectivity index (χ3n) is 4.78. The van der Waals surface area contributed by atoms with Crippen LogP contribution in [-0.4, -0.2) is 78.1 Å². The molecule has 0 bridgehead atoms. The zero-order chi connectivity index (χ0) is 34.4. The van der Waals surface area contributed by atoms with Crippen molar-refractivity contribution < 1.29 is 28.6 Å². The van der Waals surface area contributed by atoms with Crippen molar-refractivity contribution in [2.45, 2.75) is 75.4 Å². The lowest BCUT2D eigenvalue weighted by molar-refractivity contribution is 0.237. The highest BCUT2D eigenvalue weighted by Gasteiger charge is 2.28. The number of nitrogens with zero attached hydrogens (tertiary/aromatic N) is 6. The molecule has 0 spiro atoms. The van der Waals surface area contributed by atoms with Gasteiger partial charge in [0, 0.05) is 0 Å². The fourth-order valence-electron chi connectivity index (χ4n) is 2.48. The highest BCUT2D eigenvalue weighted by atomic mass is 33.1. The summed E-state index contributed by atoms with van der Waals surface area (Å²) in [5.41, 5.74) is -3.02. The first kappa shape index (κ1) is 40.4. The predicted octanol–water partition coefficient (Wildman–Crippen LogP) is 2.65. The second-order valence-electron chi connectivity index (χ2n) is 10.0. The summed E-state index contributed by atoms with van der Waals surface area (Å²) in [5, 5.41) is 25.8. The Kier molecular flexibility index (Phi) is 16.6. The average Bonchev–Trinajstić information content (AvgIpc) is 2.99. The maximum absolute atomic E-state index is 13.2. The van der Waals surface area contributed by atoms with Gasteiger partial charge in [0.05, 0.1) is 70.2 Å². The van der Waals surface area contributed by atoms with Crippen LogP contribution in [0.4, 0.5) is 0 Å². The van der Waals surface area contributed by atoms with Crippen molar-refractivity contribution in [1.82, 2.24) is 13.7 Å². The van der Waals surface area contributed by atoms with E-state index in [0.717, 1.165) is 64.8 Å². The van der Waals surface area contributed by atoms with Crippen LogP contribution in [0.1, 0.15) is 41.5 Å². The number of aromatic nitrogens is 3. The number of hydrogen-bond acceptors (Lipinski definition) is 15. The van der Waals surface area contributed by atoms with Gasteiger partial charge in [-0.05, 0) is 41.5 Å². The summed E-state index contributed by atoms with van der Waals surface area (Å²) in [7, 11) is 5.48. The molecule has 1 aromatic rings. The molecule has 0 fully saturated rings. The first-order valence-electron chi connectivity index (χ1n) is 12.7. The molecule has 3 N–H and O–H groups in total. The molecule has 246 valence electrons. The monoisotopic (exact) mass is 741 g/mol. The minimum absolute atomic E-state index is 0.346. The van der Waals surface area contributed by atoms with Crippen molar-refractivity contribution in [3.05, 3.63) is 31.5 Å². The Hall–Kier alpha value is -2.61. The minimum Gasteiger partial charge on any atom is -0.329 e. The quantitative estimate of drug-likeness (QED) is 0.109. The maximum Gasteiger partial charge on any atom is 0.561 e. The zero-order valence-corrected chi connectivity index (χ0v) is 30.1. The van der Waals surface area contributed by atoms with Crippen LogP contribution in [0.2, 0.25) is 0 Å². The molecule has 21 heteroatoms. The van der Waals surface area contributed by atoms with Gasteiger partial charge in [0.2, 0.25) is 19.8 Å². The predicted molar refractivity (Wildman–Crippen MR) is 183 cm³/mol. The fourth-order valence-corrected chi connectivity index (χ4v) is 7.11. The molecule has 0 unspecified atom stereocenters. The molecule has 15 nitrogen and oxygen atoms in total. The molecule has 0 aliphatic carbocycles. The molecule has 1 rings (SSSR count). The van der Waals surface area contributed by atoms with Crippen LogP contribution in [0.15, 0.2) is 14.4 Å². The van der Waals surface area contributed by atoms with Crippen molar-refractivity contribution >= 4 is 80.7 Å². The van der Waals surface area contributed by atoms with E-state index in [1.165, 1.54) is 0 Å². The third-order valence-corrected chi connectivity index (χ3v) is 13.1. The average molecular weight is 742 g/mol. The van der Waals surface area contributed by atoms with Gasteiger partial charge in [0.1, 0.15) is 14.2 Å². The van der Waals surface area contributed by atoms with Gasteiger partial charge in [0.25, 0.3) is 0 Å². The summed E-state index contributed by atoms with van der Waals surface area (Å²) in [5.74, 6) is 0. The van der Waals surface area contributed by atoms with Gasteiger partial charge in [-0.25, -0.2) is 28.1 Å². The lowest BCUT2D eigenvalue weighted by atomic mass is 10.2. The van der Waals surface area contributed by atoms with Crippen molar-refractivity contribution in [3.63, 3.8) is 0 Å². The molecule has 0 aliphatic rings.